The number of para-hydroxylation sites is 1. The predicted molar refractivity (Wildman–Crippen MR) is 48.6 cm³/mol. The Bertz CT molecular complexity index is 406. The van der Waals surface area contributed by atoms with E-state index in [4.69, 9.17) is 0 Å². The molecule has 1 aromatic rings. The second-order valence-corrected chi connectivity index (χ2v) is 2.87. The van der Waals surface area contributed by atoms with Gasteiger partial charge in [0.2, 0.25) is 6.08 Å². The number of hydrogen-bond donors (Lipinski definition) is 0. The van der Waals surface area contributed by atoms with E-state index in [0.717, 1.165) is 12.1 Å². The summed E-state index contributed by atoms with van der Waals surface area (Å²) < 4.78 is 37.5. The van der Waals surface area contributed by atoms with Crippen LogP contribution < -0.4 is 0 Å². The lowest BCUT2D eigenvalue weighted by Gasteiger charge is -2.11. The summed E-state index contributed by atoms with van der Waals surface area (Å²) in [6.07, 6.45) is -2.97. The molecule has 80 valence electrons. The van der Waals surface area contributed by atoms with E-state index in [9.17, 15) is 18.0 Å². The van der Waals surface area contributed by atoms with Gasteiger partial charge in [0.05, 0.1) is 11.3 Å². The number of nitrogens with zero attached hydrogens (tertiary/aromatic N) is 1. The van der Waals surface area contributed by atoms with Crippen LogP contribution in [0.3, 0.4) is 0 Å². The van der Waals surface area contributed by atoms with E-state index in [1.54, 1.807) is 6.92 Å². The molecule has 0 saturated carbocycles. The average Bonchev–Trinajstić information content (AvgIpc) is 2.17. The molecule has 0 fully saturated rings. The van der Waals surface area contributed by atoms with Crippen LogP contribution in [-0.2, 0) is 17.4 Å². The number of carbonyl (C=O) groups excluding carboxylic acids is 1. The van der Waals surface area contributed by atoms with Crippen LogP contribution in [0.15, 0.2) is 23.2 Å². The molecule has 0 saturated heterocycles. The van der Waals surface area contributed by atoms with Crippen molar-refractivity contribution in [3.05, 3.63) is 29.3 Å². The Morgan fingerprint density at radius 3 is 2.53 bits per heavy atom. The van der Waals surface area contributed by atoms with Crippen LogP contribution in [-0.4, -0.2) is 6.08 Å². The van der Waals surface area contributed by atoms with Crippen LogP contribution in [0.2, 0.25) is 0 Å². The van der Waals surface area contributed by atoms with E-state index in [-0.39, 0.29) is 5.69 Å². The van der Waals surface area contributed by atoms with E-state index in [0.29, 0.717) is 12.0 Å². The first-order valence-corrected chi connectivity index (χ1v) is 4.27. The van der Waals surface area contributed by atoms with E-state index < -0.39 is 11.7 Å². The lowest BCUT2D eigenvalue weighted by molar-refractivity contribution is -0.137. The zero-order valence-electron chi connectivity index (χ0n) is 7.93. The first kappa shape index (κ1) is 11.5. The summed E-state index contributed by atoms with van der Waals surface area (Å²) in [4.78, 5) is 13.2. The third-order valence-electron chi connectivity index (χ3n) is 1.96. The van der Waals surface area contributed by atoms with Crippen LogP contribution in [0.1, 0.15) is 18.1 Å². The van der Waals surface area contributed by atoms with Gasteiger partial charge in [0.25, 0.3) is 0 Å². The number of aryl methyl sites for hydroxylation is 1. The smallest absolute Gasteiger partial charge is 0.211 e. The van der Waals surface area contributed by atoms with Gasteiger partial charge in [0.15, 0.2) is 0 Å². The molecule has 1 aromatic carbocycles. The zero-order chi connectivity index (χ0) is 11.5. The fraction of sp³-hybridized carbons (Fsp3) is 0.300. The van der Waals surface area contributed by atoms with Gasteiger partial charge in [-0.2, -0.15) is 18.2 Å². The Labute approximate surface area is 84.4 Å². The molecule has 1 rings (SSSR count). The van der Waals surface area contributed by atoms with Gasteiger partial charge in [-0.05, 0) is 18.1 Å². The molecule has 0 radical (unpaired) electrons. The molecule has 0 amide bonds. The summed E-state index contributed by atoms with van der Waals surface area (Å²) in [6, 6.07) is 3.70. The largest absolute Gasteiger partial charge is 0.418 e. The van der Waals surface area contributed by atoms with Gasteiger partial charge in [-0.1, -0.05) is 19.1 Å². The monoisotopic (exact) mass is 215 g/mol. The van der Waals surface area contributed by atoms with Gasteiger partial charge in [-0.3, -0.25) is 0 Å². The van der Waals surface area contributed by atoms with Crippen molar-refractivity contribution >= 4 is 11.8 Å². The van der Waals surface area contributed by atoms with Gasteiger partial charge in [-0.15, -0.1) is 0 Å². The molecule has 0 bridgehead atoms. The van der Waals surface area contributed by atoms with Crippen molar-refractivity contribution in [3.63, 3.8) is 0 Å². The van der Waals surface area contributed by atoms with Crippen molar-refractivity contribution in [2.24, 2.45) is 4.99 Å². The van der Waals surface area contributed by atoms with Crippen LogP contribution in [0.4, 0.5) is 18.9 Å². The third kappa shape index (κ3) is 2.44. The molecule has 0 aromatic heterocycles. The van der Waals surface area contributed by atoms with Gasteiger partial charge in [0.1, 0.15) is 0 Å². The Morgan fingerprint density at radius 2 is 2.07 bits per heavy atom. The van der Waals surface area contributed by atoms with Crippen molar-refractivity contribution in [2.75, 3.05) is 0 Å². The number of benzene rings is 1. The van der Waals surface area contributed by atoms with Crippen LogP contribution in [0.5, 0.6) is 0 Å². The van der Waals surface area contributed by atoms with E-state index in [1.807, 2.05) is 0 Å². The quantitative estimate of drug-likeness (QED) is 0.550. The fourth-order valence-electron chi connectivity index (χ4n) is 1.28. The Balaban J connectivity index is 3.45. The number of rotatable bonds is 2. The van der Waals surface area contributed by atoms with E-state index in [2.05, 4.69) is 4.99 Å². The van der Waals surface area contributed by atoms with E-state index in [1.165, 1.54) is 12.1 Å². The highest BCUT2D eigenvalue weighted by atomic mass is 19.4. The number of isocyanates is 1. The van der Waals surface area contributed by atoms with Crippen molar-refractivity contribution in [1.82, 2.24) is 0 Å². The number of hydrogen-bond acceptors (Lipinski definition) is 2. The normalized spacial score (nSPS) is 10.9. The lowest BCUT2D eigenvalue weighted by atomic mass is 10.1. The number of alkyl halides is 3. The third-order valence-corrected chi connectivity index (χ3v) is 1.96. The van der Waals surface area contributed by atoms with Crippen LogP contribution in [0.25, 0.3) is 0 Å². The minimum atomic E-state index is -4.50. The molecule has 15 heavy (non-hydrogen) atoms. The zero-order valence-corrected chi connectivity index (χ0v) is 7.93. The summed E-state index contributed by atoms with van der Waals surface area (Å²) in [7, 11) is 0. The summed E-state index contributed by atoms with van der Waals surface area (Å²) in [5, 5.41) is 0. The summed E-state index contributed by atoms with van der Waals surface area (Å²) in [6.45, 7) is 1.69. The van der Waals surface area contributed by atoms with Crippen molar-refractivity contribution in [1.29, 1.82) is 0 Å². The molecule has 5 heteroatoms. The topological polar surface area (TPSA) is 29.4 Å². The second kappa shape index (κ2) is 4.28. The second-order valence-electron chi connectivity index (χ2n) is 2.87. The molecule has 0 aliphatic rings. The van der Waals surface area contributed by atoms with Crippen molar-refractivity contribution < 1.29 is 18.0 Å². The van der Waals surface area contributed by atoms with Crippen molar-refractivity contribution in [3.8, 4) is 0 Å². The highest BCUT2D eigenvalue weighted by molar-refractivity contribution is 5.59. The summed E-state index contributed by atoms with van der Waals surface area (Å²) in [5.41, 5.74) is -0.846. The van der Waals surface area contributed by atoms with Crippen LogP contribution >= 0.6 is 0 Å². The SMILES string of the molecule is CCc1cccc(C(F)(F)F)c1N=C=O. The average molecular weight is 215 g/mol. The Morgan fingerprint density at radius 1 is 1.40 bits per heavy atom. The molecule has 0 aliphatic carbocycles. The minimum absolute atomic E-state index is 0.331. The Hall–Kier alpha value is -1.61. The maximum Gasteiger partial charge on any atom is 0.418 e. The molecule has 0 spiro atoms. The molecule has 2 nitrogen and oxygen atoms in total. The minimum Gasteiger partial charge on any atom is -0.211 e. The first-order valence-electron chi connectivity index (χ1n) is 4.27. The van der Waals surface area contributed by atoms with E-state index >= 15 is 0 Å². The highest BCUT2D eigenvalue weighted by Gasteiger charge is 2.34. The van der Waals surface area contributed by atoms with Gasteiger partial charge < -0.3 is 0 Å². The molecule has 0 atom stereocenters. The predicted octanol–water partition coefficient (Wildman–Crippen LogP) is 3.24. The lowest BCUT2D eigenvalue weighted by Crippen LogP contribution is -2.06. The van der Waals surface area contributed by atoms with Crippen LogP contribution in [0, 0.1) is 0 Å². The number of halogens is 3. The molecular weight excluding hydrogens is 207 g/mol. The first-order chi connectivity index (χ1) is 7.00. The highest BCUT2D eigenvalue weighted by Crippen LogP contribution is 2.38. The molecular formula is C10H8F3NO. The maximum atomic E-state index is 12.5. The molecule has 0 aliphatic heterocycles. The van der Waals surface area contributed by atoms with Gasteiger partial charge in [0, 0.05) is 0 Å². The van der Waals surface area contributed by atoms with Gasteiger partial charge >= 0.3 is 6.18 Å². The molecule has 0 heterocycles. The standard InChI is InChI=1S/C10H8F3NO/c1-2-7-4-3-5-8(10(11,12)13)9(7)14-6-15/h3-5H,2H2,1H3. The molecule has 0 N–H and O–H groups in total. The fourth-order valence-corrected chi connectivity index (χ4v) is 1.28. The van der Waals surface area contributed by atoms with Crippen molar-refractivity contribution in [2.45, 2.75) is 19.5 Å². The maximum absolute atomic E-state index is 12.5. The Kier molecular flexibility index (Phi) is 3.27. The summed E-state index contributed by atoms with van der Waals surface area (Å²) >= 11 is 0. The summed E-state index contributed by atoms with van der Waals surface area (Å²) in [5.74, 6) is 0. The molecule has 0 unspecified atom stereocenters. The number of aliphatic imine (C=N–C) groups is 1. The van der Waals surface area contributed by atoms with Gasteiger partial charge in [-0.25, -0.2) is 4.79 Å².